The Kier molecular flexibility index (Phi) is 6.35. The van der Waals surface area contributed by atoms with Crippen molar-refractivity contribution in [1.82, 2.24) is 19.6 Å². The average Bonchev–Trinajstić information content (AvgIpc) is 3.10. The first-order valence-corrected chi connectivity index (χ1v) is 12.0. The van der Waals surface area contributed by atoms with Crippen LogP contribution in [-0.2, 0) is 33.8 Å². The number of halogens is 2. The van der Waals surface area contributed by atoms with Crippen molar-refractivity contribution in [3.8, 4) is 0 Å². The zero-order valence-corrected chi connectivity index (χ0v) is 19.8. The van der Waals surface area contributed by atoms with E-state index in [-0.39, 0.29) is 42.8 Å². The number of nitrogens with zero attached hydrogens (tertiary/aromatic N) is 4. The molecule has 0 spiro atoms. The molecule has 8 nitrogen and oxygen atoms in total. The zero-order valence-electron chi connectivity index (χ0n) is 19.0. The fourth-order valence-corrected chi connectivity index (χ4v) is 5.69. The molecule has 2 unspecified atom stereocenters. The fraction of sp³-hybridized carbons (Fsp3) is 0.542. The molecule has 3 aliphatic heterocycles. The van der Waals surface area contributed by atoms with Gasteiger partial charge in [0.05, 0.1) is 50.2 Å². The summed E-state index contributed by atoms with van der Waals surface area (Å²) in [5, 5.41) is 14.4. The van der Waals surface area contributed by atoms with Crippen LogP contribution in [0.1, 0.15) is 35.4 Å². The normalized spacial score (nSPS) is 24.7. The van der Waals surface area contributed by atoms with Crippen LogP contribution in [0, 0.1) is 18.7 Å². The Labute approximate surface area is 202 Å². The van der Waals surface area contributed by atoms with Gasteiger partial charge in [0.2, 0.25) is 5.91 Å². The van der Waals surface area contributed by atoms with Crippen LogP contribution in [0.3, 0.4) is 0 Å². The lowest BCUT2D eigenvalue weighted by molar-refractivity contribution is -0.153. The van der Waals surface area contributed by atoms with Crippen LogP contribution in [0.2, 0.25) is 5.02 Å². The minimum Gasteiger partial charge on any atom is -0.481 e. The van der Waals surface area contributed by atoms with E-state index in [9.17, 15) is 19.1 Å². The van der Waals surface area contributed by atoms with Gasteiger partial charge in [-0.15, -0.1) is 0 Å². The molecule has 3 aliphatic rings. The van der Waals surface area contributed by atoms with Crippen LogP contribution in [0.5, 0.6) is 0 Å². The van der Waals surface area contributed by atoms with Gasteiger partial charge in [-0.1, -0.05) is 17.7 Å². The van der Waals surface area contributed by atoms with E-state index in [1.807, 2.05) is 11.8 Å². The van der Waals surface area contributed by atoms with Crippen molar-refractivity contribution in [3.05, 3.63) is 51.6 Å². The summed E-state index contributed by atoms with van der Waals surface area (Å²) in [5.74, 6) is -1.52. The van der Waals surface area contributed by atoms with Gasteiger partial charge in [-0.05, 0) is 43.9 Å². The van der Waals surface area contributed by atoms with E-state index in [0.717, 1.165) is 17.0 Å². The number of aryl methyl sites for hydroxylation is 1. The Balaban J connectivity index is 1.30. The van der Waals surface area contributed by atoms with Gasteiger partial charge in [0.1, 0.15) is 5.82 Å². The SMILES string of the molecule is Cc1nn(Cc2ccc(Cl)cc2F)c2c1CCN(C(=O)CN1C3COCC1CC(C(=O)O)C3)C2. The summed E-state index contributed by atoms with van der Waals surface area (Å²) >= 11 is 5.88. The third-order valence-electron chi connectivity index (χ3n) is 7.37. The molecule has 1 aromatic carbocycles. The summed E-state index contributed by atoms with van der Waals surface area (Å²) in [6.45, 7) is 4.39. The number of hydrogen-bond acceptors (Lipinski definition) is 5. The average molecular weight is 491 g/mol. The molecular formula is C24H28ClFN4O4. The number of carbonyl (C=O) groups is 2. The van der Waals surface area contributed by atoms with Gasteiger partial charge in [-0.2, -0.15) is 5.10 Å². The molecule has 0 aliphatic carbocycles. The van der Waals surface area contributed by atoms with Crippen molar-refractivity contribution >= 4 is 23.5 Å². The van der Waals surface area contributed by atoms with Crippen molar-refractivity contribution in [2.45, 2.75) is 51.4 Å². The summed E-state index contributed by atoms with van der Waals surface area (Å²) in [7, 11) is 0. The number of carboxylic acid groups (broad SMARTS) is 1. The minimum atomic E-state index is -0.771. The number of ether oxygens (including phenoxy) is 1. The molecule has 1 N–H and O–H groups in total. The summed E-state index contributed by atoms with van der Waals surface area (Å²) in [6, 6.07) is 4.50. The van der Waals surface area contributed by atoms with Crippen LogP contribution in [-0.4, -0.2) is 75.0 Å². The van der Waals surface area contributed by atoms with Gasteiger partial charge in [-0.25, -0.2) is 4.39 Å². The predicted molar refractivity (Wildman–Crippen MR) is 122 cm³/mol. The highest BCUT2D eigenvalue weighted by atomic mass is 35.5. The maximum absolute atomic E-state index is 14.4. The van der Waals surface area contributed by atoms with Gasteiger partial charge in [0, 0.05) is 29.2 Å². The smallest absolute Gasteiger partial charge is 0.306 e. The molecular weight excluding hydrogens is 463 g/mol. The molecule has 2 fully saturated rings. The van der Waals surface area contributed by atoms with Crippen LogP contribution in [0.4, 0.5) is 4.39 Å². The largest absolute Gasteiger partial charge is 0.481 e. The van der Waals surface area contributed by atoms with Crippen molar-refractivity contribution in [1.29, 1.82) is 0 Å². The maximum Gasteiger partial charge on any atom is 0.306 e. The Morgan fingerprint density at radius 1 is 1.26 bits per heavy atom. The molecule has 34 heavy (non-hydrogen) atoms. The zero-order chi connectivity index (χ0) is 24.0. The lowest BCUT2D eigenvalue weighted by Gasteiger charge is -2.47. The Bertz CT molecular complexity index is 1110. The third kappa shape index (κ3) is 4.44. The van der Waals surface area contributed by atoms with Crippen LogP contribution in [0.15, 0.2) is 18.2 Å². The molecule has 2 bridgehead atoms. The fourth-order valence-electron chi connectivity index (χ4n) is 5.54. The number of benzene rings is 1. The van der Waals surface area contributed by atoms with Crippen molar-refractivity contribution in [2.75, 3.05) is 26.3 Å². The van der Waals surface area contributed by atoms with Gasteiger partial charge in [0.15, 0.2) is 0 Å². The second kappa shape index (κ2) is 9.28. The maximum atomic E-state index is 14.4. The van der Waals surface area contributed by atoms with Gasteiger partial charge >= 0.3 is 5.97 Å². The highest BCUT2D eigenvalue weighted by molar-refractivity contribution is 6.30. The van der Waals surface area contributed by atoms with E-state index in [2.05, 4.69) is 10.00 Å². The lowest BCUT2D eigenvalue weighted by atomic mass is 9.85. The first-order chi connectivity index (χ1) is 16.3. The van der Waals surface area contributed by atoms with E-state index in [1.54, 1.807) is 16.8 Å². The molecule has 1 amide bonds. The highest BCUT2D eigenvalue weighted by Crippen LogP contribution is 2.32. The number of amides is 1. The number of hydrogen-bond donors (Lipinski definition) is 1. The number of carboxylic acids is 1. The van der Waals surface area contributed by atoms with E-state index < -0.39 is 5.97 Å². The number of aliphatic carboxylic acids is 1. The predicted octanol–water partition coefficient (Wildman–Crippen LogP) is 2.48. The van der Waals surface area contributed by atoms with Crippen molar-refractivity contribution in [3.63, 3.8) is 0 Å². The molecule has 182 valence electrons. The summed E-state index contributed by atoms with van der Waals surface area (Å²) in [5.41, 5.74) is 3.44. The number of carbonyl (C=O) groups excluding carboxylic acids is 1. The second-order valence-corrected chi connectivity index (χ2v) is 9.93. The molecule has 10 heteroatoms. The highest BCUT2D eigenvalue weighted by Gasteiger charge is 2.42. The number of piperidine rings is 1. The van der Waals surface area contributed by atoms with Crippen molar-refractivity contribution in [2.24, 2.45) is 5.92 Å². The summed E-state index contributed by atoms with van der Waals surface area (Å²) in [6.07, 6.45) is 1.71. The van der Waals surface area contributed by atoms with Crippen LogP contribution >= 0.6 is 11.6 Å². The Hall–Kier alpha value is -2.49. The Morgan fingerprint density at radius 2 is 2.00 bits per heavy atom. The lowest BCUT2D eigenvalue weighted by Crippen LogP contribution is -2.60. The first kappa shape index (κ1) is 23.3. The van der Waals surface area contributed by atoms with E-state index in [0.29, 0.717) is 56.2 Å². The first-order valence-electron chi connectivity index (χ1n) is 11.6. The monoisotopic (exact) mass is 490 g/mol. The van der Waals surface area contributed by atoms with Gasteiger partial charge < -0.3 is 14.7 Å². The summed E-state index contributed by atoms with van der Waals surface area (Å²) in [4.78, 5) is 28.8. The second-order valence-electron chi connectivity index (χ2n) is 9.49. The van der Waals surface area contributed by atoms with Crippen molar-refractivity contribution < 1.29 is 23.8 Å². The van der Waals surface area contributed by atoms with Crippen LogP contribution in [0.25, 0.3) is 0 Å². The standard InChI is InChI=1S/C24H28ClFN4O4/c1-14-20-4-5-28(10-22(20)30(27-14)9-15-2-3-17(25)8-21(15)26)23(31)11-29-18-6-16(24(32)33)7-19(29)13-34-12-18/h2-3,8,16,18-19H,4-7,9-13H2,1H3,(H,32,33). The van der Waals surface area contributed by atoms with Gasteiger partial charge in [-0.3, -0.25) is 19.2 Å². The Morgan fingerprint density at radius 3 is 2.68 bits per heavy atom. The quantitative estimate of drug-likeness (QED) is 0.693. The van der Waals surface area contributed by atoms with E-state index in [1.165, 1.54) is 6.07 Å². The molecule has 5 rings (SSSR count). The molecule has 0 saturated carbocycles. The molecule has 0 radical (unpaired) electrons. The van der Waals surface area contributed by atoms with Crippen LogP contribution < -0.4 is 0 Å². The number of aromatic nitrogens is 2. The van der Waals surface area contributed by atoms with E-state index in [4.69, 9.17) is 16.3 Å². The third-order valence-corrected chi connectivity index (χ3v) is 7.60. The topological polar surface area (TPSA) is 87.9 Å². The number of rotatable bonds is 5. The molecule has 2 aromatic rings. The molecule has 2 atom stereocenters. The molecule has 2 saturated heterocycles. The number of fused-ring (bicyclic) bond motifs is 3. The van der Waals surface area contributed by atoms with Gasteiger partial charge in [0.25, 0.3) is 0 Å². The number of morpholine rings is 1. The molecule has 4 heterocycles. The molecule has 1 aromatic heterocycles. The van der Waals surface area contributed by atoms with E-state index >= 15 is 0 Å². The minimum absolute atomic E-state index is 0.0133. The summed E-state index contributed by atoms with van der Waals surface area (Å²) < 4.78 is 21.8.